The zero-order valence-corrected chi connectivity index (χ0v) is 23.6. The lowest BCUT2D eigenvalue weighted by Crippen LogP contribution is -1.95. The van der Waals surface area contributed by atoms with Gasteiger partial charge < -0.3 is 9.13 Å². The van der Waals surface area contributed by atoms with E-state index in [-0.39, 0.29) is 0 Å². The van der Waals surface area contributed by atoms with Crippen LogP contribution < -0.4 is 0 Å². The molecule has 0 fully saturated rings. The number of hydrogen-bond donors (Lipinski definition) is 0. The molecular weight excluding hydrogens is 531 g/mol. The van der Waals surface area contributed by atoms with Gasteiger partial charge in [-0.2, -0.15) is 5.26 Å². The summed E-state index contributed by atoms with van der Waals surface area (Å²) >= 11 is 1.80. The van der Waals surface area contributed by atoms with Gasteiger partial charge in [0.25, 0.3) is 0 Å². The Labute approximate surface area is 245 Å². The molecule has 0 N–H and O–H groups in total. The topological polar surface area (TPSA) is 33.6 Å². The van der Waals surface area contributed by atoms with Crippen LogP contribution in [-0.4, -0.2) is 9.13 Å². The molecule has 0 saturated carbocycles. The van der Waals surface area contributed by atoms with Gasteiger partial charge >= 0.3 is 0 Å². The van der Waals surface area contributed by atoms with Crippen LogP contribution in [0.4, 0.5) is 0 Å². The Balaban J connectivity index is 1.38. The molecule has 0 aliphatic carbocycles. The molecule has 0 amide bonds. The van der Waals surface area contributed by atoms with Crippen molar-refractivity contribution in [3.63, 3.8) is 0 Å². The van der Waals surface area contributed by atoms with Crippen LogP contribution in [0, 0.1) is 18.3 Å². The molecule has 196 valence electrons. The van der Waals surface area contributed by atoms with Crippen molar-refractivity contribution in [1.29, 1.82) is 5.26 Å². The van der Waals surface area contributed by atoms with Crippen molar-refractivity contribution < 1.29 is 0 Å². The van der Waals surface area contributed by atoms with Crippen LogP contribution in [0.1, 0.15) is 11.1 Å². The van der Waals surface area contributed by atoms with Crippen molar-refractivity contribution in [2.75, 3.05) is 0 Å². The summed E-state index contributed by atoms with van der Waals surface area (Å²) < 4.78 is 7.10. The Bertz CT molecular complexity index is 2550. The summed E-state index contributed by atoms with van der Waals surface area (Å²) in [5.74, 6) is 0. The summed E-state index contributed by atoms with van der Waals surface area (Å²) in [6.45, 7) is 2.14. The second-order valence-electron chi connectivity index (χ2n) is 11.0. The molecule has 0 bridgehead atoms. The number of nitriles is 1. The molecule has 0 unspecified atom stereocenters. The minimum absolute atomic E-state index is 0.664. The number of thiophene rings is 1. The molecular formula is C38H23N3S. The molecule has 0 aliphatic rings. The predicted molar refractivity (Wildman–Crippen MR) is 177 cm³/mol. The monoisotopic (exact) mass is 553 g/mol. The highest BCUT2D eigenvalue weighted by Gasteiger charge is 2.19. The Morgan fingerprint density at radius 2 is 1.17 bits per heavy atom. The van der Waals surface area contributed by atoms with Crippen LogP contribution in [0.25, 0.3) is 75.2 Å². The molecule has 3 aromatic heterocycles. The van der Waals surface area contributed by atoms with Crippen molar-refractivity contribution in [1.82, 2.24) is 9.13 Å². The van der Waals surface area contributed by atoms with Crippen LogP contribution >= 0.6 is 11.3 Å². The van der Waals surface area contributed by atoms with E-state index in [0.29, 0.717) is 5.56 Å². The second kappa shape index (κ2) is 8.57. The number of fused-ring (bicyclic) bond motifs is 9. The minimum Gasteiger partial charge on any atom is -0.309 e. The largest absolute Gasteiger partial charge is 0.309 e. The van der Waals surface area contributed by atoms with E-state index in [1.165, 1.54) is 52.9 Å². The fraction of sp³-hybridized carbons (Fsp3) is 0.0263. The van der Waals surface area contributed by atoms with E-state index in [4.69, 9.17) is 0 Å². The molecule has 0 spiro atoms. The lowest BCUT2D eigenvalue weighted by atomic mass is 10.1. The minimum atomic E-state index is 0.664. The molecule has 0 radical (unpaired) electrons. The number of aryl methyl sites for hydroxylation is 1. The Kier molecular flexibility index (Phi) is 4.76. The lowest BCUT2D eigenvalue weighted by molar-refractivity contribution is 1.19. The van der Waals surface area contributed by atoms with Gasteiger partial charge in [0.2, 0.25) is 0 Å². The zero-order chi connectivity index (χ0) is 27.9. The highest BCUT2D eigenvalue weighted by molar-refractivity contribution is 7.26. The average molecular weight is 554 g/mol. The molecule has 0 atom stereocenters. The highest BCUT2D eigenvalue weighted by Crippen LogP contribution is 2.43. The SMILES string of the molecule is Cc1ccc2c(c1)c1ccccc1n2-c1cc(C#N)cc2c1sc1ccc(-n3c4ccccc4c4ccccc43)cc12. The molecule has 3 nitrogen and oxygen atoms in total. The summed E-state index contributed by atoms with van der Waals surface area (Å²) in [4.78, 5) is 0. The van der Waals surface area contributed by atoms with E-state index < -0.39 is 0 Å². The van der Waals surface area contributed by atoms with Gasteiger partial charge in [-0.3, -0.25) is 0 Å². The van der Waals surface area contributed by atoms with Crippen molar-refractivity contribution in [2.45, 2.75) is 6.92 Å². The van der Waals surface area contributed by atoms with Gasteiger partial charge in [-0.05, 0) is 67.6 Å². The van der Waals surface area contributed by atoms with Crippen LogP contribution in [0.2, 0.25) is 0 Å². The van der Waals surface area contributed by atoms with E-state index in [1.54, 1.807) is 11.3 Å². The van der Waals surface area contributed by atoms with E-state index in [0.717, 1.165) is 27.8 Å². The first kappa shape index (κ1) is 23.3. The van der Waals surface area contributed by atoms with Crippen molar-refractivity contribution in [3.8, 4) is 17.4 Å². The molecule has 3 heterocycles. The normalized spacial score (nSPS) is 11.9. The van der Waals surface area contributed by atoms with Gasteiger partial charge in [-0.25, -0.2) is 0 Å². The number of aromatic nitrogens is 2. The van der Waals surface area contributed by atoms with Crippen LogP contribution in [0.5, 0.6) is 0 Å². The van der Waals surface area contributed by atoms with E-state index in [1.807, 2.05) is 0 Å². The molecule has 6 aromatic carbocycles. The third-order valence-corrected chi connectivity index (χ3v) is 9.78. The third-order valence-electron chi connectivity index (χ3n) is 8.57. The fourth-order valence-electron chi connectivity index (χ4n) is 6.76. The summed E-state index contributed by atoms with van der Waals surface area (Å²) in [6.07, 6.45) is 0. The van der Waals surface area contributed by atoms with Gasteiger partial charge in [0.15, 0.2) is 0 Å². The first-order valence-corrected chi connectivity index (χ1v) is 14.9. The maximum absolute atomic E-state index is 10.2. The maximum Gasteiger partial charge on any atom is 0.0992 e. The molecule has 9 aromatic rings. The zero-order valence-electron chi connectivity index (χ0n) is 22.8. The first-order chi connectivity index (χ1) is 20.7. The Morgan fingerprint density at radius 3 is 1.86 bits per heavy atom. The van der Waals surface area contributed by atoms with Gasteiger partial charge in [0, 0.05) is 42.7 Å². The summed E-state index contributed by atoms with van der Waals surface area (Å²) in [5.41, 5.74) is 8.76. The Hall–Kier alpha value is -5.37. The smallest absolute Gasteiger partial charge is 0.0992 e. The first-order valence-electron chi connectivity index (χ1n) is 14.1. The maximum atomic E-state index is 10.2. The second-order valence-corrected chi connectivity index (χ2v) is 12.1. The highest BCUT2D eigenvalue weighted by atomic mass is 32.1. The van der Waals surface area contributed by atoms with Gasteiger partial charge in [-0.1, -0.05) is 66.2 Å². The third kappa shape index (κ3) is 3.14. The van der Waals surface area contributed by atoms with Crippen LogP contribution in [0.15, 0.2) is 121 Å². The van der Waals surface area contributed by atoms with Gasteiger partial charge in [-0.15, -0.1) is 11.3 Å². The number of nitrogens with zero attached hydrogens (tertiary/aromatic N) is 3. The van der Waals surface area contributed by atoms with Crippen LogP contribution in [-0.2, 0) is 0 Å². The standard InChI is InChI=1S/C38H23N3S/c1-23-14-16-35-29(18-23)28-10-4-7-13-34(28)41(35)36-20-24(22-39)19-31-30-21-25(15-17-37(30)42-38(31)36)40-32-11-5-2-8-26(32)27-9-3-6-12-33(27)40/h2-21H,1H3. The van der Waals surface area contributed by atoms with E-state index in [9.17, 15) is 5.26 Å². The number of rotatable bonds is 2. The lowest BCUT2D eigenvalue weighted by Gasteiger charge is -2.10. The number of hydrogen-bond acceptors (Lipinski definition) is 2. The quantitative estimate of drug-likeness (QED) is 0.210. The molecule has 4 heteroatoms. The van der Waals surface area contributed by atoms with Gasteiger partial charge in [0.05, 0.1) is 44.1 Å². The van der Waals surface area contributed by atoms with E-state index in [2.05, 4.69) is 143 Å². The molecule has 9 rings (SSSR count). The molecule has 0 saturated heterocycles. The predicted octanol–water partition coefficient (Wildman–Crippen LogP) is 10.4. The van der Waals surface area contributed by atoms with Crippen molar-refractivity contribution in [3.05, 3.63) is 132 Å². The average Bonchev–Trinajstić information content (AvgIpc) is 3.68. The number of benzene rings is 6. The van der Waals surface area contributed by atoms with Crippen molar-refractivity contribution >= 4 is 75.1 Å². The summed E-state index contributed by atoms with van der Waals surface area (Å²) in [6, 6.07) is 45.8. The van der Waals surface area contributed by atoms with Crippen LogP contribution in [0.3, 0.4) is 0 Å². The van der Waals surface area contributed by atoms with Crippen molar-refractivity contribution in [2.24, 2.45) is 0 Å². The number of para-hydroxylation sites is 3. The van der Waals surface area contributed by atoms with E-state index >= 15 is 0 Å². The molecule has 0 aliphatic heterocycles. The summed E-state index contributed by atoms with van der Waals surface area (Å²) in [5, 5.41) is 17.4. The van der Waals surface area contributed by atoms with Gasteiger partial charge in [0.1, 0.15) is 0 Å². The molecule has 42 heavy (non-hydrogen) atoms. The summed E-state index contributed by atoms with van der Waals surface area (Å²) in [7, 11) is 0. The Morgan fingerprint density at radius 1 is 0.548 bits per heavy atom. The fourth-order valence-corrected chi connectivity index (χ4v) is 7.93.